The molecule has 158 valence electrons. The summed E-state index contributed by atoms with van der Waals surface area (Å²) < 4.78 is 6.74. The standard InChI is InChI=1S/C21H14BrClN8O/c22-12-6-7-13(23)18(32-10-4-2-1-3-5-10)14(12)17-15-16(26)11(8-24)19(27)30-20(15)31-21(29-17)28-9-25/h1-7,17H,(H6,26,27,28,29,30,31). The number of nitriles is 2. The number of hydrogen-bond acceptors (Lipinski definition) is 9. The molecule has 2 heterocycles. The van der Waals surface area contributed by atoms with Crippen molar-refractivity contribution < 1.29 is 4.74 Å². The maximum Gasteiger partial charge on any atom is 0.211 e. The van der Waals surface area contributed by atoms with Gasteiger partial charge in [-0.2, -0.15) is 10.5 Å². The van der Waals surface area contributed by atoms with E-state index in [1.807, 2.05) is 30.5 Å². The summed E-state index contributed by atoms with van der Waals surface area (Å²) in [4.78, 5) is 8.85. The molecule has 11 heteroatoms. The molecule has 3 aromatic rings. The predicted molar refractivity (Wildman–Crippen MR) is 125 cm³/mol. The maximum atomic E-state index is 9.53. The van der Waals surface area contributed by atoms with Crippen LogP contribution in [-0.4, -0.2) is 10.9 Å². The lowest BCUT2D eigenvalue weighted by Crippen LogP contribution is -2.33. The second-order valence-corrected chi connectivity index (χ2v) is 7.85. The second kappa shape index (κ2) is 8.63. The lowest BCUT2D eigenvalue weighted by Gasteiger charge is -2.28. The fourth-order valence-electron chi connectivity index (χ4n) is 3.30. The molecule has 32 heavy (non-hydrogen) atoms. The van der Waals surface area contributed by atoms with Gasteiger partial charge in [0, 0.05) is 15.6 Å². The third-order valence-electron chi connectivity index (χ3n) is 4.69. The highest BCUT2D eigenvalue weighted by atomic mass is 79.9. The average Bonchev–Trinajstić information content (AvgIpc) is 2.77. The fraction of sp³-hybridized carbons (Fsp3) is 0.0476. The van der Waals surface area contributed by atoms with Gasteiger partial charge in [-0.05, 0) is 24.3 Å². The number of nitrogen functional groups attached to an aromatic ring is 2. The number of rotatable bonds is 3. The van der Waals surface area contributed by atoms with Gasteiger partial charge >= 0.3 is 0 Å². The van der Waals surface area contributed by atoms with Crippen LogP contribution in [0.5, 0.6) is 11.5 Å². The molecule has 0 amide bonds. The molecule has 0 saturated carbocycles. The number of aromatic nitrogens is 1. The van der Waals surface area contributed by atoms with E-state index in [-0.39, 0.29) is 28.8 Å². The number of nitrogens with two attached hydrogens (primary N) is 2. The summed E-state index contributed by atoms with van der Waals surface area (Å²) in [6.45, 7) is 0. The molecule has 6 N–H and O–H groups in total. The van der Waals surface area contributed by atoms with Crippen molar-refractivity contribution in [2.75, 3.05) is 16.8 Å². The molecule has 0 spiro atoms. The first kappa shape index (κ1) is 21.2. The monoisotopic (exact) mass is 508 g/mol. The van der Waals surface area contributed by atoms with Crippen LogP contribution in [-0.2, 0) is 0 Å². The number of guanidine groups is 1. The van der Waals surface area contributed by atoms with Crippen LogP contribution < -0.4 is 26.8 Å². The zero-order valence-corrected chi connectivity index (χ0v) is 18.6. The van der Waals surface area contributed by atoms with E-state index in [0.717, 1.165) is 0 Å². The topological polar surface area (TPSA) is 158 Å². The minimum atomic E-state index is -0.825. The summed E-state index contributed by atoms with van der Waals surface area (Å²) in [5.74, 6) is 1.23. The van der Waals surface area contributed by atoms with Crippen LogP contribution in [0.3, 0.4) is 0 Å². The molecule has 1 unspecified atom stereocenters. The van der Waals surface area contributed by atoms with E-state index in [1.165, 1.54) is 0 Å². The zero-order chi connectivity index (χ0) is 22.8. The molecular weight excluding hydrogens is 496 g/mol. The lowest BCUT2D eigenvalue weighted by molar-refractivity contribution is 0.473. The number of anilines is 3. The van der Waals surface area contributed by atoms with Crippen molar-refractivity contribution in [2.24, 2.45) is 4.99 Å². The van der Waals surface area contributed by atoms with Gasteiger partial charge in [0.25, 0.3) is 0 Å². The molecule has 0 aliphatic carbocycles. The molecule has 0 fully saturated rings. The molecule has 1 aliphatic rings. The van der Waals surface area contributed by atoms with Crippen molar-refractivity contribution in [2.45, 2.75) is 6.04 Å². The van der Waals surface area contributed by atoms with E-state index < -0.39 is 6.04 Å². The van der Waals surface area contributed by atoms with Crippen molar-refractivity contribution in [1.29, 1.82) is 10.5 Å². The Labute approximate surface area is 196 Å². The second-order valence-electron chi connectivity index (χ2n) is 6.59. The largest absolute Gasteiger partial charge is 0.455 e. The average molecular weight is 510 g/mol. The van der Waals surface area contributed by atoms with Crippen LogP contribution in [0.4, 0.5) is 17.3 Å². The van der Waals surface area contributed by atoms with Crippen LogP contribution in [0, 0.1) is 22.8 Å². The van der Waals surface area contributed by atoms with Crippen molar-refractivity contribution in [3.8, 4) is 23.8 Å². The van der Waals surface area contributed by atoms with Crippen LogP contribution in [0.1, 0.15) is 22.7 Å². The van der Waals surface area contributed by atoms with Crippen LogP contribution >= 0.6 is 27.5 Å². The Morgan fingerprint density at radius 1 is 1.12 bits per heavy atom. The van der Waals surface area contributed by atoms with E-state index in [1.54, 1.807) is 24.3 Å². The van der Waals surface area contributed by atoms with Gasteiger partial charge in [-0.15, -0.1) is 0 Å². The predicted octanol–water partition coefficient (Wildman–Crippen LogP) is 4.27. The first-order valence-electron chi connectivity index (χ1n) is 9.14. The zero-order valence-electron chi connectivity index (χ0n) is 16.2. The first-order chi connectivity index (χ1) is 15.4. The SMILES string of the molecule is N#CNC1=NC(c2c(Br)ccc(Cl)c2Oc2ccccc2)c2c(nc(N)c(C#N)c2N)N1. The van der Waals surface area contributed by atoms with E-state index in [4.69, 9.17) is 33.1 Å². The summed E-state index contributed by atoms with van der Waals surface area (Å²) >= 11 is 10.1. The maximum absolute atomic E-state index is 9.53. The number of benzene rings is 2. The summed E-state index contributed by atoms with van der Waals surface area (Å²) in [6.07, 6.45) is 1.82. The van der Waals surface area contributed by atoms with E-state index in [0.29, 0.717) is 32.1 Å². The number of halogens is 2. The number of fused-ring (bicyclic) bond motifs is 1. The molecular formula is C21H14BrClN8O. The number of aliphatic imine (C=N–C) groups is 1. The van der Waals surface area contributed by atoms with Crippen molar-refractivity contribution in [1.82, 2.24) is 10.3 Å². The van der Waals surface area contributed by atoms with E-state index in [2.05, 4.69) is 36.5 Å². The summed E-state index contributed by atoms with van der Waals surface area (Å²) in [5.41, 5.74) is 13.3. The van der Waals surface area contributed by atoms with Gasteiger partial charge in [-0.1, -0.05) is 45.7 Å². The van der Waals surface area contributed by atoms with Gasteiger partial charge < -0.3 is 21.5 Å². The van der Waals surface area contributed by atoms with Gasteiger partial charge in [0.1, 0.15) is 35.1 Å². The highest BCUT2D eigenvalue weighted by Gasteiger charge is 2.33. The number of pyridine rings is 1. The summed E-state index contributed by atoms with van der Waals surface area (Å²) in [5, 5.41) is 24.3. The number of nitrogens with one attached hydrogen (secondary N) is 2. The van der Waals surface area contributed by atoms with Crippen LogP contribution in [0.25, 0.3) is 0 Å². The molecule has 1 aliphatic heterocycles. The highest BCUT2D eigenvalue weighted by molar-refractivity contribution is 9.10. The number of ether oxygens (including phenoxy) is 1. The van der Waals surface area contributed by atoms with Gasteiger partial charge in [0.05, 0.1) is 10.7 Å². The van der Waals surface area contributed by atoms with Gasteiger partial charge in [0.2, 0.25) is 5.96 Å². The molecule has 0 radical (unpaired) electrons. The molecule has 2 aromatic carbocycles. The quantitative estimate of drug-likeness (QED) is 0.301. The third-order valence-corrected chi connectivity index (χ3v) is 5.68. The normalized spacial score (nSPS) is 14.2. The highest BCUT2D eigenvalue weighted by Crippen LogP contribution is 2.48. The van der Waals surface area contributed by atoms with Gasteiger partial charge in [0.15, 0.2) is 11.9 Å². The van der Waals surface area contributed by atoms with E-state index >= 15 is 0 Å². The first-order valence-corrected chi connectivity index (χ1v) is 10.3. The molecule has 0 saturated heterocycles. The molecule has 1 aromatic heterocycles. The Balaban J connectivity index is 1.98. The van der Waals surface area contributed by atoms with Crippen LogP contribution in [0.2, 0.25) is 5.02 Å². The van der Waals surface area contributed by atoms with Gasteiger partial charge in [-0.3, -0.25) is 5.32 Å². The smallest absolute Gasteiger partial charge is 0.211 e. The minimum absolute atomic E-state index is 0.0334. The Kier molecular flexibility index (Phi) is 5.73. The Bertz CT molecular complexity index is 1330. The number of para-hydroxylation sites is 1. The molecule has 1 atom stereocenters. The third kappa shape index (κ3) is 3.73. The fourth-order valence-corrected chi connectivity index (χ4v) is 4.04. The molecule has 0 bridgehead atoms. The number of nitrogens with zero attached hydrogens (tertiary/aromatic N) is 4. The Hall–Kier alpha value is -3.99. The number of hydrogen-bond donors (Lipinski definition) is 4. The Morgan fingerprint density at radius 2 is 1.88 bits per heavy atom. The van der Waals surface area contributed by atoms with Crippen LogP contribution in [0.15, 0.2) is 51.9 Å². The van der Waals surface area contributed by atoms with Crippen molar-refractivity contribution in [3.63, 3.8) is 0 Å². The molecule has 4 rings (SSSR count). The lowest BCUT2D eigenvalue weighted by atomic mass is 9.94. The summed E-state index contributed by atoms with van der Waals surface area (Å²) in [6, 6.07) is 13.7. The molecule has 9 nitrogen and oxygen atoms in total. The van der Waals surface area contributed by atoms with Crippen molar-refractivity contribution in [3.05, 3.63) is 68.7 Å². The summed E-state index contributed by atoms with van der Waals surface area (Å²) in [7, 11) is 0. The van der Waals surface area contributed by atoms with E-state index in [9.17, 15) is 5.26 Å². The van der Waals surface area contributed by atoms with Gasteiger partial charge in [-0.25, -0.2) is 9.98 Å². The Morgan fingerprint density at radius 3 is 2.56 bits per heavy atom. The van der Waals surface area contributed by atoms with Crippen molar-refractivity contribution >= 4 is 50.8 Å². The minimum Gasteiger partial charge on any atom is -0.455 e.